The van der Waals surface area contributed by atoms with Crippen molar-refractivity contribution in [3.05, 3.63) is 55.6 Å². The number of aromatic hydroxyl groups is 1. The summed E-state index contributed by atoms with van der Waals surface area (Å²) in [5, 5.41) is 13.7. The Kier molecular flexibility index (Phi) is 5.95. The molecule has 0 bridgehead atoms. The van der Waals surface area contributed by atoms with Crippen LogP contribution in [-0.4, -0.2) is 30.3 Å². The Morgan fingerprint density at radius 1 is 1.24 bits per heavy atom. The summed E-state index contributed by atoms with van der Waals surface area (Å²) in [5.41, 5.74) is 5.03. The van der Waals surface area contributed by atoms with Crippen LogP contribution < -0.4 is 10.3 Å². The van der Waals surface area contributed by atoms with Crippen LogP contribution in [0.3, 0.4) is 0 Å². The van der Waals surface area contributed by atoms with Gasteiger partial charge in [0.2, 0.25) is 0 Å². The molecule has 0 atom stereocenters. The Labute approximate surface area is 168 Å². The molecule has 0 aromatic heterocycles. The van der Waals surface area contributed by atoms with E-state index in [4.69, 9.17) is 0 Å². The highest BCUT2D eigenvalue weighted by molar-refractivity contribution is 14.1. The number of phenols is 1. The number of nitrogens with zero attached hydrogens (tertiary/aromatic N) is 2. The van der Waals surface area contributed by atoms with Crippen molar-refractivity contribution in [2.75, 3.05) is 18.0 Å². The number of amides is 1. The summed E-state index contributed by atoms with van der Waals surface area (Å²) in [6.45, 7) is 2.16. The van der Waals surface area contributed by atoms with Gasteiger partial charge in [0.15, 0.2) is 0 Å². The molecule has 0 aliphatic carbocycles. The number of phenolic OH excluding ortho intramolecular Hbond substituents is 1. The standard InChI is InChI=1S/C18H17BrIN3O2/c19-15-9-12(10-16(20)17(15)24)11-21-22-18(25)13-3-5-14(6-4-13)23-7-1-2-8-23/h3-6,9-11,24H,1-2,7-8H2,(H,22,25)/b21-11-. The minimum atomic E-state index is -0.253. The van der Waals surface area contributed by atoms with E-state index < -0.39 is 0 Å². The molecule has 1 aliphatic heterocycles. The maximum Gasteiger partial charge on any atom is 0.271 e. The van der Waals surface area contributed by atoms with Crippen LogP contribution >= 0.6 is 38.5 Å². The largest absolute Gasteiger partial charge is 0.506 e. The quantitative estimate of drug-likeness (QED) is 0.367. The molecule has 1 fully saturated rings. The fourth-order valence-corrected chi connectivity index (χ4v) is 4.19. The minimum absolute atomic E-state index is 0.194. The molecule has 0 spiro atoms. The van der Waals surface area contributed by atoms with Gasteiger partial charge in [0.25, 0.3) is 5.91 Å². The predicted octanol–water partition coefficient (Wildman–Crippen LogP) is 4.12. The summed E-state index contributed by atoms with van der Waals surface area (Å²) in [7, 11) is 0. The maximum absolute atomic E-state index is 12.2. The van der Waals surface area contributed by atoms with Crippen molar-refractivity contribution in [1.82, 2.24) is 5.43 Å². The van der Waals surface area contributed by atoms with Gasteiger partial charge in [-0.3, -0.25) is 4.79 Å². The highest BCUT2D eigenvalue weighted by atomic mass is 127. The SMILES string of the molecule is O=C(N/N=C\c1cc(Br)c(O)c(I)c1)c1ccc(N2CCCC2)cc1. The van der Waals surface area contributed by atoms with Crippen molar-refractivity contribution >= 4 is 56.3 Å². The van der Waals surface area contributed by atoms with Crippen LogP contribution in [0.4, 0.5) is 5.69 Å². The Morgan fingerprint density at radius 3 is 2.56 bits per heavy atom. The molecular weight excluding hydrogens is 497 g/mol. The van der Waals surface area contributed by atoms with Crippen LogP contribution in [0.15, 0.2) is 46.0 Å². The molecule has 2 aromatic rings. The molecule has 0 radical (unpaired) electrons. The third-order valence-corrected chi connectivity index (χ3v) is 5.45. The number of halogens is 2. The lowest BCUT2D eigenvalue weighted by Crippen LogP contribution is -2.19. The van der Waals surface area contributed by atoms with E-state index in [1.165, 1.54) is 12.8 Å². The zero-order valence-electron chi connectivity index (χ0n) is 13.4. The second kappa shape index (κ2) is 8.18. The molecule has 1 amide bonds. The summed E-state index contributed by atoms with van der Waals surface area (Å²) in [5.74, 6) is -0.0587. The monoisotopic (exact) mass is 513 g/mol. The van der Waals surface area contributed by atoms with E-state index in [2.05, 4.69) is 31.4 Å². The minimum Gasteiger partial charge on any atom is -0.506 e. The first kappa shape index (κ1) is 18.2. The number of hydrazone groups is 1. The second-order valence-corrected chi connectivity index (χ2v) is 7.79. The summed E-state index contributed by atoms with van der Waals surface area (Å²) < 4.78 is 1.29. The molecule has 1 saturated heterocycles. The van der Waals surface area contributed by atoms with E-state index in [-0.39, 0.29) is 11.7 Å². The van der Waals surface area contributed by atoms with Crippen molar-refractivity contribution < 1.29 is 9.90 Å². The van der Waals surface area contributed by atoms with Gasteiger partial charge in [0.05, 0.1) is 14.3 Å². The van der Waals surface area contributed by atoms with Gasteiger partial charge >= 0.3 is 0 Å². The van der Waals surface area contributed by atoms with Gasteiger partial charge in [-0.1, -0.05) is 0 Å². The fourth-order valence-electron chi connectivity index (χ4n) is 2.69. The van der Waals surface area contributed by atoms with Crippen LogP contribution in [0.1, 0.15) is 28.8 Å². The Bertz CT molecular complexity index is 779. The lowest BCUT2D eigenvalue weighted by Gasteiger charge is -2.17. The number of anilines is 1. The number of hydrogen-bond donors (Lipinski definition) is 2. The van der Waals surface area contributed by atoms with E-state index in [0.29, 0.717) is 13.6 Å². The zero-order valence-corrected chi connectivity index (χ0v) is 17.1. The molecule has 0 saturated carbocycles. The number of carbonyl (C=O) groups is 1. The second-order valence-electron chi connectivity index (χ2n) is 5.77. The third kappa shape index (κ3) is 4.52. The molecule has 1 heterocycles. The fraction of sp³-hybridized carbons (Fsp3) is 0.222. The molecule has 130 valence electrons. The molecule has 5 nitrogen and oxygen atoms in total. The van der Waals surface area contributed by atoms with Crippen molar-refractivity contribution in [2.24, 2.45) is 5.10 Å². The Hall–Kier alpha value is -1.61. The third-order valence-electron chi connectivity index (χ3n) is 4.02. The number of hydrogen-bond acceptors (Lipinski definition) is 4. The van der Waals surface area contributed by atoms with Gasteiger partial charge in [-0.15, -0.1) is 0 Å². The van der Waals surface area contributed by atoms with Crippen LogP contribution in [0.2, 0.25) is 0 Å². The summed E-state index contributed by atoms with van der Waals surface area (Å²) in [6, 6.07) is 11.1. The average Bonchev–Trinajstić information content (AvgIpc) is 3.14. The van der Waals surface area contributed by atoms with E-state index in [1.807, 2.05) is 46.9 Å². The van der Waals surface area contributed by atoms with Crippen LogP contribution in [-0.2, 0) is 0 Å². The molecule has 7 heteroatoms. The van der Waals surface area contributed by atoms with Crippen LogP contribution in [0, 0.1) is 3.57 Å². The number of rotatable bonds is 4. The van der Waals surface area contributed by atoms with Gasteiger partial charge in [-0.05, 0) is 93.3 Å². The van der Waals surface area contributed by atoms with E-state index >= 15 is 0 Å². The van der Waals surface area contributed by atoms with Gasteiger partial charge in [-0.25, -0.2) is 5.43 Å². The summed E-state index contributed by atoms with van der Waals surface area (Å²) >= 11 is 5.32. The molecule has 2 N–H and O–H groups in total. The molecule has 0 unspecified atom stereocenters. The smallest absolute Gasteiger partial charge is 0.271 e. The predicted molar refractivity (Wildman–Crippen MR) is 111 cm³/mol. The Balaban J connectivity index is 1.62. The van der Waals surface area contributed by atoms with Gasteiger partial charge in [-0.2, -0.15) is 5.10 Å². The first-order valence-electron chi connectivity index (χ1n) is 7.91. The highest BCUT2D eigenvalue weighted by Gasteiger charge is 2.13. The first-order chi connectivity index (χ1) is 12.0. The van der Waals surface area contributed by atoms with Crippen molar-refractivity contribution in [3.63, 3.8) is 0 Å². The molecule has 1 aliphatic rings. The molecule has 25 heavy (non-hydrogen) atoms. The van der Waals surface area contributed by atoms with E-state index in [9.17, 15) is 9.90 Å². The molecule has 2 aromatic carbocycles. The zero-order chi connectivity index (χ0) is 17.8. The summed E-state index contributed by atoms with van der Waals surface area (Å²) in [6.07, 6.45) is 4.00. The molecule has 3 rings (SSSR count). The number of carbonyl (C=O) groups excluding carboxylic acids is 1. The maximum atomic E-state index is 12.2. The van der Waals surface area contributed by atoms with E-state index in [0.717, 1.165) is 24.3 Å². The van der Waals surface area contributed by atoms with Crippen molar-refractivity contribution in [3.8, 4) is 5.75 Å². The summed E-state index contributed by atoms with van der Waals surface area (Å²) in [4.78, 5) is 14.5. The average molecular weight is 514 g/mol. The number of benzene rings is 2. The Morgan fingerprint density at radius 2 is 1.92 bits per heavy atom. The van der Waals surface area contributed by atoms with Gasteiger partial charge in [0, 0.05) is 24.3 Å². The normalized spacial score (nSPS) is 14.2. The lowest BCUT2D eigenvalue weighted by molar-refractivity contribution is 0.0955. The van der Waals surface area contributed by atoms with E-state index in [1.54, 1.807) is 18.3 Å². The van der Waals surface area contributed by atoms with Crippen LogP contribution in [0.5, 0.6) is 5.75 Å². The lowest BCUT2D eigenvalue weighted by atomic mass is 10.2. The van der Waals surface area contributed by atoms with Gasteiger partial charge in [0.1, 0.15) is 5.75 Å². The highest BCUT2D eigenvalue weighted by Crippen LogP contribution is 2.29. The molecular formula is C18H17BrIN3O2. The number of nitrogens with one attached hydrogen (secondary N) is 1. The van der Waals surface area contributed by atoms with Crippen molar-refractivity contribution in [2.45, 2.75) is 12.8 Å². The van der Waals surface area contributed by atoms with Crippen molar-refractivity contribution in [1.29, 1.82) is 0 Å². The van der Waals surface area contributed by atoms with Crippen LogP contribution in [0.25, 0.3) is 0 Å². The topological polar surface area (TPSA) is 64.9 Å². The first-order valence-corrected chi connectivity index (χ1v) is 9.78. The van der Waals surface area contributed by atoms with Gasteiger partial charge < -0.3 is 10.0 Å².